The van der Waals surface area contributed by atoms with Crippen molar-refractivity contribution in [3.8, 4) is 11.1 Å². The van der Waals surface area contributed by atoms with Gasteiger partial charge in [-0.05, 0) is 29.3 Å². The van der Waals surface area contributed by atoms with Gasteiger partial charge in [-0.3, -0.25) is 4.79 Å². The molecule has 2 aromatic carbocycles. The van der Waals surface area contributed by atoms with E-state index in [1.54, 1.807) is 0 Å². The summed E-state index contributed by atoms with van der Waals surface area (Å²) in [7, 11) is 0. The van der Waals surface area contributed by atoms with E-state index in [1.165, 1.54) is 24.3 Å². The quantitative estimate of drug-likeness (QED) is 0.900. The number of hydrogen-bond acceptors (Lipinski definition) is 1. The Morgan fingerprint density at radius 2 is 1.80 bits per heavy atom. The van der Waals surface area contributed by atoms with Crippen molar-refractivity contribution in [1.82, 2.24) is 0 Å². The van der Waals surface area contributed by atoms with Gasteiger partial charge in [-0.2, -0.15) is 0 Å². The van der Waals surface area contributed by atoms with Crippen LogP contribution >= 0.6 is 23.2 Å². The van der Waals surface area contributed by atoms with Crippen molar-refractivity contribution in [2.75, 3.05) is 0 Å². The summed E-state index contributed by atoms with van der Waals surface area (Å²) in [5.41, 5.74) is 0.525. The zero-order valence-corrected chi connectivity index (χ0v) is 11.5. The number of carboxylic acid groups (broad SMARTS) is 1. The fourth-order valence-corrected chi connectivity index (χ4v) is 2.20. The van der Waals surface area contributed by atoms with Gasteiger partial charge in [0, 0.05) is 5.56 Å². The van der Waals surface area contributed by atoms with Gasteiger partial charge in [-0.15, -0.1) is 0 Å². The van der Waals surface area contributed by atoms with Crippen LogP contribution in [-0.4, -0.2) is 11.1 Å². The number of hydrogen-bond donors (Lipinski definition) is 1. The molecule has 0 radical (unpaired) electrons. The largest absolute Gasteiger partial charge is 0.481 e. The summed E-state index contributed by atoms with van der Waals surface area (Å²) in [6.07, 6.45) is -0.377. The van der Waals surface area contributed by atoms with Gasteiger partial charge in [-0.1, -0.05) is 35.3 Å². The average molecular weight is 317 g/mol. The summed E-state index contributed by atoms with van der Waals surface area (Å²) in [4.78, 5) is 10.8. The summed E-state index contributed by atoms with van der Waals surface area (Å²) in [5.74, 6) is -2.51. The van der Waals surface area contributed by atoms with E-state index in [1.807, 2.05) is 0 Å². The number of carboxylic acids is 1. The molecule has 0 aliphatic carbocycles. The second-order valence-electron chi connectivity index (χ2n) is 4.09. The molecule has 2 nitrogen and oxygen atoms in total. The summed E-state index contributed by atoms with van der Waals surface area (Å²) in [6, 6.07) is 6.34. The number of halogens is 4. The van der Waals surface area contributed by atoms with Crippen LogP contribution in [-0.2, 0) is 11.2 Å². The number of aliphatic carboxylic acids is 1. The molecule has 2 aromatic rings. The zero-order chi connectivity index (χ0) is 14.9. The van der Waals surface area contributed by atoms with E-state index in [4.69, 9.17) is 28.3 Å². The van der Waals surface area contributed by atoms with E-state index < -0.39 is 17.6 Å². The van der Waals surface area contributed by atoms with Crippen molar-refractivity contribution in [1.29, 1.82) is 0 Å². The zero-order valence-electron chi connectivity index (χ0n) is 9.96. The van der Waals surface area contributed by atoms with Crippen molar-refractivity contribution >= 4 is 29.2 Å². The first kappa shape index (κ1) is 14.8. The fraction of sp³-hybridized carbons (Fsp3) is 0.0714. The second-order valence-corrected chi connectivity index (χ2v) is 4.91. The third-order valence-electron chi connectivity index (χ3n) is 2.73. The number of rotatable bonds is 3. The highest BCUT2D eigenvalue weighted by Crippen LogP contribution is 2.33. The van der Waals surface area contributed by atoms with E-state index >= 15 is 0 Å². The van der Waals surface area contributed by atoms with Crippen LogP contribution in [0.3, 0.4) is 0 Å². The Morgan fingerprint density at radius 1 is 1.10 bits per heavy atom. The average Bonchev–Trinajstić information content (AvgIpc) is 2.37. The molecular weight excluding hydrogens is 309 g/mol. The molecule has 0 bridgehead atoms. The molecule has 6 heteroatoms. The van der Waals surface area contributed by atoms with Gasteiger partial charge in [0.1, 0.15) is 11.6 Å². The maximum absolute atomic E-state index is 14.2. The molecule has 1 N–H and O–H groups in total. The first-order valence-electron chi connectivity index (χ1n) is 5.54. The number of benzene rings is 2. The van der Waals surface area contributed by atoms with Crippen molar-refractivity contribution in [2.24, 2.45) is 0 Å². The molecule has 0 atom stereocenters. The summed E-state index contributed by atoms with van der Waals surface area (Å²) in [6.45, 7) is 0. The molecule has 0 saturated carbocycles. The van der Waals surface area contributed by atoms with E-state index in [2.05, 4.69) is 0 Å². The van der Waals surface area contributed by atoms with Crippen LogP contribution in [0.1, 0.15) is 5.56 Å². The summed E-state index contributed by atoms with van der Waals surface area (Å²) < 4.78 is 27.3. The number of carbonyl (C=O) groups is 1. The maximum atomic E-state index is 14.2. The van der Waals surface area contributed by atoms with Crippen LogP contribution in [0.25, 0.3) is 11.1 Å². The second kappa shape index (κ2) is 5.77. The van der Waals surface area contributed by atoms with E-state index in [0.717, 1.165) is 6.07 Å². The van der Waals surface area contributed by atoms with Gasteiger partial charge < -0.3 is 5.11 Å². The molecular formula is C14H8Cl2F2O2. The lowest BCUT2D eigenvalue weighted by Gasteiger charge is -2.11. The monoisotopic (exact) mass is 316 g/mol. The maximum Gasteiger partial charge on any atom is 0.307 e. The summed E-state index contributed by atoms with van der Waals surface area (Å²) in [5, 5.41) is 8.53. The molecule has 104 valence electrons. The predicted molar refractivity (Wildman–Crippen MR) is 73.2 cm³/mol. The molecule has 0 unspecified atom stereocenters. The van der Waals surface area contributed by atoms with Crippen LogP contribution in [0, 0.1) is 11.6 Å². The molecule has 0 aliphatic heterocycles. The molecule has 0 aliphatic rings. The van der Waals surface area contributed by atoms with E-state index in [0.29, 0.717) is 0 Å². The lowest BCUT2D eigenvalue weighted by molar-refractivity contribution is -0.136. The van der Waals surface area contributed by atoms with Gasteiger partial charge in [0.25, 0.3) is 0 Å². The van der Waals surface area contributed by atoms with Crippen molar-refractivity contribution in [3.63, 3.8) is 0 Å². The van der Waals surface area contributed by atoms with Crippen LogP contribution in [0.15, 0.2) is 30.3 Å². The molecule has 0 fully saturated rings. The van der Waals surface area contributed by atoms with Crippen LogP contribution in [0.5, 0.6) is 0 Å². The van der Waals surface area contributed by atoms with Crippen molar-refractivity contribution < 1.29 is 18.7 Å². The highest BCUT2D eigenvalue weighted by atomic mass is 35.5. The van der Waals surface area contributed by atoms with Gasteiger partial charge in [0.05, 0.1) is 16.5 Å². The third-order valence-corrected chi connectivity index (χ3v) is 3.31. The third kappa shape index (κ3) is 2.92. The fourth-order valence-electron chi connectivity index (χ4n) is 1.86. The van der Waals surface area contributed by atoms with Crippen molar-refractivity contribution in [2.45, 2.75) is 6.42 Å². The molecule has 0 saturated heterocycles. The predicted octanol–water partition coefficient (Wildman–Crippen LogP) is 4.57. The first-order valence-corrected chi connectivity index (χ1v) is 6.30. The van der Waals surface area contributed by atoms with E-state index in [-0.39, 0.29) is 33.2 Å². The minimum atomic E-state index is -1.11. The van der Waals surface area contributed by atoms with Gasteiger partial charge in [0.15, 0.2) is 0 Å². The highest BCUT2D eigenvalue weighted by Gasteiger charge is 2.17. The minimum Gasteiger partial charge on any atom is -0.481 e. The molecule has 2 rings (SSSR count). The highest BCUT2D eigenvalue weighted by molar-refractivity contribution is 6.31. The van der Waals surface area contributed by atoms with E-state index in [9.17, 15) is 13.6 Å². The Balaban J connectivity index is 2.66. The normalized spacial score (nSPS) is 10.6. The Bertz CT molecular complexity index is 687. The van der Waals surface area contributed by atoms with Crippen LogP contribution in [0.2, 0.25) is 10.0 Å². The lowest BCUT2D eigenvalue weighted by atomic mass is 9.97. The lowest BCUT2D eigenvalue weighted by Crippen LogP contribution is -2.03. The standard InChI is InChI=1S/C14H8Cl2F2O2/c15-9-3-1-8(6-12(19)20)13(14(9)18)7-2-4-11(17)10(16)5-7/h1-5H,6H2,(H,19,20). The molecule has 0 spiro atoms. The Morgan fingerprint density at radius 3 is 2.40 bits per heavy atom. The molecule has 20 heavy (non-hydrogen) atoms. The Kier molecular flexibility index (Phi) is 4.26. The van der Waals surface area contributed by atoms with Gasteiger partial charge in [0.2, 0.25) is 0 Å². The Labute approximate surface area is 123 Å². The van der Waals surface area contributed by atoms with Gasteiger partial charge in [-0.25, -0.2) is 8.78 Å². The van der Waals surface area contributed by atoms with Crippen LogP contribution in [0.4, 0.5) is 8.78 Å². The Hall–Kier alpha value is -1.65. The molecule has 0 aromatic heterocycles. The minimum absolute atomic E-state index is 0.0156. The van der Waals surface area contributed by atoms with Crippen molar-refractivity contribution in [3.05, 3.63) is 57.6 Å². The molecule has 0 amide bonds. The van der Waals surface area contributed by atoms with Crippen LogP contribution < -0.4 is 0 Å². The topological polar surface area (TPSA) is 37.3 Å². The first-order chi connectivity index (χ1) is 9.40. The smallest absolute Gasteiger partial charge is 0.307 e. The van der Waals surface area contributed by atoms with Gasteiger partial charge >= 0.3 is 5.97 Å². The summed E-state index contributed by atoms with van der Waals surface area (Å²) >= 11 is 11.4. The SMILES string of the molecule is O=C(O)Cc1ccc(Cl)c(F)c1-c1ccc(F)c(Cl)c1. The molecule has 0 heterocycles.